The molecule has 2 aromatic rings. The maximum absolute atomic E-state index is 5.49. The number of nitrogens with zero attached hydrogens (tertiary/aromatic N) is 4. The number of benzene rings is 1. The summed E-state index contributed by atoms with van der Waals surface area (Å²) in [4.78, 5) is 9.71. The van der Waals surface area contributed by atoms with Crippen LogP contribution in [0.25, 0.3) is 0 Å². The maximum atomic E-state index is 5.49. The Labute approximate surface area is 185 Å². The van der Waals surface area contributed by atoms with E-state index in [9.17, 15) is 0 Å². The third-order valence-corrected chi connectivity index (χ3v) is 6.69. The molecule has 1 saturated carbocycles. The maximum Gasteiger partial charge on any atom is 0.191 e. The highest BCUT2D eigenvalue weighted by atomic mass is 16.5. The van der Waals surface area contributed by atoms with Gasteiger partial charge in [0.05, 0.1) is 20.2 Å². The zero-order valence-corrected chi connectivity index (χ0v) is 19.2. The Hall–Kier alpha value is -2.57. The highest BCUT2D eigenvalue weighted by molar-refractivity contribution is 5.80. The predicted octanol–water partition coefficient (Wildman–Crippen LogP) is 3.23. The van der Waals surface area contributed by atoms with E-state index in [0.29, 0.717) is 6.04 Å². The Morgan fingerprint density at radius 3 is 2.87 bits per heavy atom. The van der Waals surface area contributed by atoms with Crippen LogP contribution in [0.4, 0.5) is 0 Å². The van der Waals surface area contributed by atoms with Gasteiger partial charge in [0.2, 0.25) is 0 Å². The second-order valence-corrected chi connectivity index (χ2v) is 8.77. The normalized spacial score (nSPS) is 20.4. The van der Waals surface area contributed by atoms with Crippen molar-refractivity contribution in [3.63, 3.8) is 0 Å². The van der Waals surface area contributed by atoms with Gasteiger partial charge in [0, 0.05) is 30.8 Å². The van der Waals surface area contributed by atoms with Gasteiger partial charge in [0.15, 0.2) is 11.8 Å². The Morgan fingerprint density at radius 1 is 1.29 bits per heavy atom. The first-order valence-corrected chi connectivity index (χ1v) is 11.8. The lowest BCUT2D eigenvalue weighted by molar-refractivity contribution is 0.390. The van der Waals surface area contributed by atoms with Crippen molar-refractivity contribution in [3.8, 4) is 5.75 Å². The van der Waals surface area contributed by atoms with Crippen molar-refractivity contribution in [2.75, 3.05) is 20.2 Å². The van der Waals surface area contributed by atoms with E-state index < -0.39 is 0 Å². The van der Waals surface area contributed by atoms with Crippen LogP contribution in [-0.4, -0.2) is 47.0 Å². The van der Waals surface area contributed by atoms with E-state index in [-0.39, 0.29) is 5.41 Å². The number of hydrogen-bond donors (Lipinski definition) is 2. The van der Waals surface area contributed by atoms with Gasteiger partial charge in [-0.05, 0) is 43.9 Å². The average molecular weight is 425 g/mol. The quantitative estimate of drug-likeness (QED) is 0.527. The lowest BCUT2D eigenvalue weighted by Gasteiger charge is -2.30. The Balaban J connectivity index is 1.48. The van der Waals surface area contributed by atoms with E-state index in [1.807, 2.05) is 6.07 Å². The minimum absolute atomic E-state index is 0.0958. The van der Waals surface area contributed by atoms with Gasteiger partial charge in [0.1, 0.15) is 11.6 Å². The lowest BCUT2D eigenvalue weighted by Crippen LogP contribution is -2.47. The van der Waals surface area contributed by atoms with Crippen molar-refractivity contribution in [1.82, 2.24) is 25.4 Å². The first kappa shape index (κ1) is 21.7. The molecular formula is C24H36N6O. The molecule has 2 heterocycles. The highest BCUT2D eigenvalue weighted by Crippen LogP contribution is 2.42. The minimum atomic E-state index is 0.0958. The zero-order chi connectivity index (χ0) is 21.7. The van der Waals surface area contributed by atoms with Crippen LogP contribution < -0.4 is 15.4 Å². The molecule has 0 radical (unpaired) electrons. The van der Waals surface area contributed by atoms with Crippen molar-refractivity contribution in [3.05, 3.63) is 41.5 Å². The van der Waals surface area contributed by atoms with Crippen LogP contribution in [0.5, 0.6) is 5.75 Å². The van der Waals surface area contributed by atoms with Crippen LogP contribution in [0.1, 0.15) is 63.2 Å². The molecule has 0 bridgehead atoms. The summed E-state index contributed by atoms with van der Waals surface area (Å²) < 4.78 is 7.56. The molecule has 1 aliphatic heterocycles. The van der Waals surface area contributed by atoms with E-state index in [2.05, 4.69) is 57.4 Å². The smallest absolute Gasteiger partial charge is 0.191 e. The fourth-order valence-corrected chi connectivity index (χ4v) is 4.91. The van der Waals surface area contributed by atoms with Crippen LogP contribution in [0.15, 0.2) is 29.3 Å². The molecule has 1 aromatic heterocycles. The Kier molecular flexibility index (Phi) is 6.78. The summed E-state index contributed by atoms with van der Waals surface area (Å²) in [5.74, 6) is 3.88. The SMILES string of the molecule is CCNC(=NCC1(c2cccc(OC)c2)CCCC1)NC1CCc2nc(CC)nn2C1. The molecule has 168 valence electrons. The van der Waals surface area contributed by atoms with Gasteiger partial charge < -0.3 is 15.4 Å². The summed E-state index contributed by atoms with van der Waals surface area (Å²) >= 11 is 0. The van der Waals surface area contributed by atoms with Crippen molar-refractivity contribution in [2.45, 2.75) is 76.8 Å². The van der Waals surface area contributed by atoms with Gasteiger partial charge in [0.25, 0.3) is 0 Å². The molecule has 31 heavy (non-hydrogen) atoms. The number of methoxy groups -OCH3 is 1. The van der Waals surface area contributed by atoms with Gasteiger partial charge in [-0.2, -0.15) is 5.10 Å². The number of fused-ring (bicyclic) bond motifs is 1. The third-order valence-electron chi connectivity index (χ3n) is 6.69. The van der Waals surface area contributed by atoms with Crippen LogP contribution in [0, 0.1) is 0 Å². The highest BCUT2D eigenvalue weighted by Gasteiger charge is 2.36. The molecule has 0 saturated heterocycles. The monoisotopic (exact) mass is 424 g/mol. The van der Waals surface area contributed by atoms with E-state index in [4.69, 9.17) is 9.73 Å². The lowest BCUT2D eigenvalue weighted by atomic mass is 9.79. The summed E-state index contributed by atoms with van der Waals surface area (Å²) in [6.45, 7) is 6.70. The number of nitrogens with one attached hydrogen (secondary N) is 2. The molecule has 1 aromatic carbocycles. The standard InChI is InChI=1S/C24H36N6O/c1-4-21-28-22-12-11-19(16-30(22)29-21)27-23(25-5-2)26-17-24(13-6-7-14-24)18-9-8-10-20(15-18)31-3/h8-10,15,19H,4-7,11-14,16-17H2,1-3H3,(H2,25,26,27). The second-order valence-electron chi connectivity index (χ2n) is 8.77. The summed E-state index contributed by atoms with van der Waals surface area (Å²) in [6, 6.07) is 8.87. The predicted molar refractivity (Wildman–Crippen MR) is 124 cm³/mol. The van der Waals surface area contributed by atoms with E-state index in [0.717, 1.165) is 62.3 Å². The fraction of sp³-hybridized carbons (Fsp3) is 0.625. The zero-order valence-electron chi connectivity index (χ0n) is 19.2. The molecule has 1 unspecified atom stereocenters. The number of aromatic nitrogens is 3. The number of aliphatic imine (C=N–C) groups is 1. The molecule has 2 N–H and O–H groups in total. The first-order valence-electron chi connectivity index (χ1n) is 11.8. The van der Waals surface area contributed by atoms with Crippen molar-refractivity contribution < 1.29 is 4.74 Å². The molecule has 1 atom stereocenters. The summed E-state index contributed by atoms with van der Waals surface area (Å²) in [5.41, 5.74) is 1.44. The number of rotatable bonds is 7. The molecule has 2 aliphatic rings. The van der Waals surface area contributed by atoms with Crippen LogP contribution in [0.2, 0.25) is 0 Å². The van der Waals surface area contributed by atoms with Gasteiger partial charge >= 0.3 is 0 Å². The topological polar surface area (TPSA) is 76.4 Å². The van der Waals surface area contributed by atoms with Crippen LogP contribution in [-0.2, 0) is 24.8 Å². The van der Waals surface area contributed by atoms with Crippen molar-refractivity contribution in [1.29, 1.82) is 0 Å². The average Bonchev–Trinajstić information content (AvgIpc) is 3.45. The fourth-order valence-electron chi connectivity index (χ4n) is 4.91. The molecule has 0 amide bonds. The molecule has 7 heteroatoms. The second kappa shape index (κ2) is 9.71. The Bertz CT molecular complexity index is 899. The van der Waals surface area contributed by atoms with Crippen molar-refractivity contribution in [2.24, 2.45) is 4.99 Å². The molecular weight excluding hydrogens is 388 g/mol. The molecule has 1 aliphatic carbocycles. The summed E-state index contributed by atoms with van der Waals surface area (Å²) in [6.07, 6.45) is 7.76. The molecule has 1 fully saturated rings. The van der Waals surface area contributed by atoms with Gasteiger partial charge in [-0.15, -0.1) is 0 Å². The van der Waals surface area contributed by atoms with E-state index >= 15 is 0 Å². The summed E-state index contributed by atoms with van der Waals surface area (Å²) in [7, 11) is 1.74. The number of guanidine groups is 1. The minimum Gasteiger partial charge on any atom is -0.497 e. The molecule has 7 nitrogen and oxygen atoms in total. The third kappa shape index (κ3) is 4.86. The van der Waals surface area contributed by atoms with E-state index in [1.54, 1.807) is 7.11 Å². The van der Waals surface area contributed by atoms with Gasteiger partial charge in [-0.1, -0.05) is 31.9 Å². The summed E-state index contributed by atoms with van der Waals surface area (Å²) in [5, 5.41) is 11.8. The van der Waals surface area contributed by atoms with Crippen LogP contribution >= 0.6 is 0 Å². The first-order chi connectivity index (χ1) is 15.2. The van der Waals surface area contributed by atoms with Gasteiger partial charge in [-0.3, -0.25) is 4.99 Å². The van der Waals surface area contributed by atoms with E-state index in [1.165, 1.54) is 31.2 Å². The largest absolute Gasteiger partial charge is 0.497 e. The molecule has 4 rings (SSSR count). The Morgan fingerprint density at radius 2 is 2.13 bits per heavy atom. The molecule has 0 spiro atoms. The number of hydrogen-bond acceptors (Lipinski definition) is 4. The number of aryl methyl sites for hydroxylation is 2. The van der Waals surface area contributed by atoms with Gasteiger partial charge in [-0.25, -0.2) is 9.67 Å². The van der Waals surface area contributed by atoms with Crippen molar-refractivity contribution >= 4 is 5.96 Å². The van der Waals surface area contributed by atoms with Crippen LogP contribution in [0.3, 0.4) is 0 Å². The number of ether oxygens (including phenoxy) is 1.